The van der Waals surface area contributed by atoms with Gasteiger partial charge in [0.15, 0.2) is 0 Å². The Hall–Kier alpha value is -0.810. The van der Waals surface area contributed by atoms with Crippen molar-refractivity contribution in [2.75, 3.05) is 40.9 Å². The quantitative estimate of drug-likeness (QED) is 0.565. The molecule has 5 heteroatoms. The Morgan fingerprint density at radius 1 is 1.25 bits per heavy atom. The Labute approximate surface area is 98.7 Å². The number of hydrogen-bond acceptors (Lipinski definition) is 4. The average Bonchev–Trinajstić information content (AvgIpc) is 2.08. The van der Waals surface area contributed by atoms with Gasteiger partial charge in [0, 0.05) is 26.8 Å². The number of rotatable bonds is 5. The van der Waals surface area contributed by atoms with Gasteiger partial charge in [-0.3, -0.25) is 4.90 Å². The number of ether oxygens (including phenoxy) is 1. The van der Waals surface area contributed by atoms with Crippen molar-refractivity contribution in [2.24, 2.45) is 0 Å². The summed E-state index contributed by atoms with van der Waals surface area (Å²) in [5.41, 5.74) is -0.428. The van der Waals surface area contributed by atoms with Gasteiger partial charge < -0.3 is 15.0 Å². The summed E-state index contributed by atoms with van der Waals surface area (Å²) in [5, 5.41) is 3.21. The Balaban J connectivity index is 3.72. The molecule has 0 saturated heterocycles. The first kappa shape index (κ1) is 15.2. The second-order valence-corrected chi connectivity index (χ2v) is 5.14. The molecule has 16 heavy (non-hydrogen) atoms. The lowest BCUT2D eigenvalue weighted by molar-refractivity contribution is 0.0299. The maximum atomic E-state index is 11.6. The van der Waals surface area contributed by atoms with Crippen LogP contribution in [0.25, 0.3) is 0 Å². The van der Waals surface area contributed by atoms with Crippen LogP contribution in [0, 0.1) is 0 Å². The Kier molecular flexibility index (Phi) is 6.36. The van der Waals surface area contributed by atoms with E-state index in [0.717, 1.165) is 13.2 Å². The van der Waals surface area contributed by atoms with Crippen molar-refractivity contribution in [1.82, 2.24) is 15.1 Å². The van der Waals surface area contributed by atoms with E-state index in [9.17, 15) is 4.79 Å². The minimum Gasteiger partial charge on any atom is -0.444 e. The van der Waals surface area contributed by atoms with Crippen molar-refractivity contribution in [3.63, 3.8) is 0 Å². The Morgan fingerprint density at radius 2 is 1.81 bits per heavy atom. The lowest BCUT2D eigenvalue weighted by atomic mass is 10.2. The van der Waals surface area contributed by atoms with Gasteiger partial charge in [0.05, 0.1) is 0 Å². The van der Waals surface area contributed by atoms with E-state index in [0.29, 0.717) is 6.54 Å². The molecule has 0 atom stereocenters. The van der Waals surface area contributed by atoms with Crippen molar-refractivity contribution in [1.29, 1.82) is 0 Å². The molecule has 0 radical (unpaired) electrons. The molecule has 0 aromatic heterocycles. The summed E-state index contributed by atoms with van der Waals surface area (Å²) < 4.78 is 5.23. The first-order valence-corrected chi connectivity index (χ1v) is 5.52. The highest BCUT2D eigenvalue weighted by molar-refractivity contribution is 5.67. The number of nitrogens with one attached hydrogen (secondary N) is 1. The van der Waals surface area contributed by atoms with Crippen LogP contribution in [0.2, 0.25) is 0 Å². The van der Waals surface area contributed by atoms with Gasteiger partial charge in [0.2, 0.25) is 0 Å². The van der Waals surface area contributed by atoms with E-state index in [1.807, 2.05) is 39.8 Å². The Morgan fingerprint density at radius 3 is 2.25 bits per heavy atom. The predicted octanol–water partition coefficient (Wildman–Crippen LogP) is 0.962. The topological polar surface area (TPSA) is 44.8 Å². The third-order valence-electron chi connectivity index (χ3n) is 1.76. The van der Waals surface area contributed by atoms with Gasteiger partial charge in [-0.15, -0.1) is 0 Å². The highest BCUT2D eigenvalue weighted by Crippen LogP contribution is 2.08. The van der Waals surface area contributed by atoms with Gasteiger partial charge in [-0.2, -0.15) is 0 Å². The van der Waals surface area contributed by atoms with Gasteiger partial charge >= 0.3 is 6.09 Å². The second kappa shape index (κ2) is 6.70. The molecule has 1 N–H and O–H groups in total. The van der Waals surface area contributed by atoms with Crippen molar-refractivity contribution < 1.29 is 9.53 Å². The molecule has 1 amide bonds. The predicted molar refractivity (Wildman–Crippen MR) is 65.4 cm³/mol. The van der Waals surface area contributed by atoms with E-state index < -0.39 is 5.60 Å². The van der Waals surface area contributed by atoms with Crippen LogP contribution in [0.3, 0.4) is 0 Å². The molecule has 0 aromatic carbocycles. The van der Waals surface area contributed by atoms with Crippen molar-refractivity contribution in [2.45, 2.75) is 26.4 Å². The molecule has 0 rings (SSSR count). The molecule has 0 bridgehead atoms. The third-order valence-corrected chi connectivity index (χ3v) is 1.76. The van der Waals surface area contributed by atoms with E-state index in [2.05, 4.69) is 5.32 Å². The maximum Gasteiger partial charge on any atom is 0.410 e. The SMILES string of the molecule is CN(C)CNCCN(C)C(=O)OC(C)(C)C. The summed E-state index contributed by atoms with van der Waals surface area (Å²) in [4.78, 5) is 15.2. The van der Waals surface area contributed by atoms with Crippen molar-refractivity contribution in [3.8, 4) is 0 Å². The van der Waals surface area contributed by atoms with E-state index in [1.54, 1.807) is 11.9 Å². The summed E-state index contributed by atoms with van der Waals surface area (Å²) in [5.74, 6) is 0. The van der Waals surface area contributed by atoms with Crippen LogP contribution >= 0.6 is 0 Å². The van der Waals surface area contributed by atoms with Gasteiger partial charge in [0.1, 0.15) is 5.60 Å². The highest BCUT2D eigenvalue weighted by atomic mass is 16.6. The fourth-order valence-corrected chi connectivity index (χ4v) is 0.981. The normalized spacial score (nSPS) is 11.7. The minimum atomic E-state index is -0.428. The first-order valence-electron chi connectivity index (χ1n) is 5.52. The summed E-state index contributed by atoms with van der Waals surface area (Å²) in [7, 11) is 5.72. The fraction of sp³-hybridized carbons (Fsp3) is 0.909. The monoisotopic (exact) mass is 231 g/mol. The highest BCUT2D eigenvalue weighted by Gasteiger charge is 2.18. The van der Waals surface area contributed by atoms with Gasteiger partial charge in [-0.05, 0) is 34.9 Å². The summed E-state index contributed by atoms with van der Waals surface area (Å²) in [6.45, 7) is 7.80. The van der Waals surface area contributed by atoms with Crippen LogP contribution in [0.4, 0.5) is 4.79 Å². The lowest BCUT2D eigenvalue weighted by Gasteiger charge is -2.24. The van der Waals surface area contributed by atoms with Gasteiger partial charge in [-0.1, -0.05) is 0 Å². The van der Waals surface area contributed by atoms with Gasteiger partial charge in [0.25, 0.3) is 0 Å². The number of nitrogens with zero attached hydrogens (tertiary/aromatic N) is 2. The zero-order valence-electron chi connectivity index (χ0n) is 11.3. The molecular formula is C11H25N3O2. The van der Waals surface area contributed by atoms with E-state index >= 15 is 0 Å². The number of likely N-dealkylation sites (N-methyl/N-ethyl adjacent to an activating group) is 1. The van der Waals surface area contributed by atoms with E-state index in [1.165, 1.54) is 0 Å². The smallest absolute Gasteiger partial charge is 0.410 e. The molecule has 0 aliphatic rings. The molecule has 0 aliphatic heterocycles. The number of amides is 1. The van der Waals surface area contributed by atoms with Crippen LogP contribution in [0.1, 0.15) is 20.8 Å². The first-order chi connectivity index (χ1) is 7.22. The minimum absolute atomic E-state index is 0.279. The molecule has 0 saturated carbocycles. The van der Waals surface area contributed by atoms with Gasteiger partial charge in [-0.25, -0.2) is 4.79 Å². The zero-order valence-corrected chi connectivity index (χ0v) is 11.3. The number of carbonyl (C=O) groups excluding carboxylic acids is 1. The van der Waals surface area contributed by atoms with Crippen molar-refractivity contribution in [3.05, 3.63) is 0 Å². The van der Waals surface area contributed by atoms with Crippen molar-refractivity contribution >= 4 is 6.09 Å². The largest absolute Gasteiger partial charge is 0.444 e. The molecule has 96 valence electrons. The fourth-order valence-electron chi connectivity index (χ4n) is 0.981. The van der Waals surface area contributed by atoms with E-state index in [4.69, 9.17) is 4.74 Å². The Bertz CT molecular complexity index is 212. The van der Waals surface area contributed by atoms with E-state index in [-0.39, 0.29) is 6.09 Å². The van der Waals surface area contributed by atoms with Crippen LogP contribution in [-0.4, -0.2) is 62.4 Å². The lowest BCUT2D eigenvalue weighted by Crippen LogP contribution is -2.39. The van der Waals surface area contributed by atoms with Crippen LogP contribution in [-0.2, 0) is 4.74 Å². The standard InChI is InChI=1S/C11H25N3O2/c1-11(2,3)16-10(15)14(6)8-7-12-9-13(4)5/h12H,7-9H2,1-6H3. The molecule has 5 nitrogen and oxygen atoms in total. The summed E-state index contributed by atoms with van der Waals surface area (Å²) in [6, 6.07) is 0. The molecular weight excluding hydrogens is 206 g/mol. The van der Waals surface area contributed by atoms with Crippen LogP contribution in [0.5, 0.6) is 0 Å². The summed E-state index contributed by atoms with van der Waals surface area (Å²) >= 11 is 0. The average molecular weight is 231 g/mol. The molecule has 0 spiro atoms. The molecule has 0 unspecified atom stereocenters. The summed E-state index contributed by atoms with van der Waals surface area (Å²) in [6.07, 6.45) is -0.279. The maximum absolute atomic E-state index is 11.6. The molecule has 0 aliphatic carbocycles. The van der Waals surface area contributed by atoms with Crippen LogP contribution < -0.4 is 5.32 Å². The molecule has 0 aromatic rings. The third kappa shape index (κ3) is 8.49. The molecule has 0 fully saturated rings. The number of hydrogen-bond donors (Lipinski definition) is 1. The zero-order chi connectivity index (χ0) is 12.8. The second-order valence-electron chi connectivity index (χ2n) is 5.14. The number of carbonyl (C=O) groups is 1. The molecule has 0 heterocycles. The van der Waals surface area contributed by atoms with Crippen LogP contribution in [0.15, 0.2) is 0 Å².